The van der Waals surface area contributed by atoms with E-state index in [9.17, 15) is 13.2 Å². The minimum Gasteiger partial charge on any atom is -0.353 e. The van der Waals surface area contributed by atoms with E-state index in [0.29, 0.717) is 34.2 Å². The lowest BCUT2D eigenvalue weighted by molar-refractivity contribution is -0.119. The summed E-state index contributed by atoms with van der Waals surface area (Å²) in [6, 6.07) is 6.48. The van der Waals surface area contributed by atoms with Crippen molar-refractivity contribution in [3.63, 3.8) is 0 Å². The molecule has 2 aliphatic rings. The topological polar surface area (TPSA) is 88.5 Å². The fourth-order valence-corrected chi connectivity index (χ4v) is 4.43. The first kappa shape index (κ1) is 19.1. The van der Waals surface area contributed by atoms with Gasteiger partial charge >= 0.3 is 0 Å². The predicted molar refractivity (Wildman–Crippen MR) is 110 cm³/mol. The lowest BCUT2D eigenvalue weighted by Crippen LogP contribution is -2.09. The Kier molecular flexibility index (Phi) is 4.75. The minimum absolute atomic E-state index is 0.111. The molecule has 0 bridgehead atoms. The van der Waals surface area contributed by atoms with Crippen LogP contribution in [0, 0.1) is 5.92 Å². The third kappa shape index (κ3) is 3.95. The van der Waals surface area contributed by atoms with Gasteiger partial charge in [-0.1, -0.05) is 11.6 Å². The minimum atomic E-state index is -3.49. The van der Waals surface area contributed by atoms with Gasteiger partial charge in [0.1, 0.15) is 11.5 Å². The second kappa shape index (κ2) is 6.97. The normalized spacial score (nSPS) is 15.9. The number of benzene rings is 1. The number of Topliss-reactive ketones (excluding diaryl/α,β-unsaturated/α-hetero) is 1. The summed E-state index contributed by atoms with van der Waals surface area (Å²) in [5, 5.41) is 3.53. The Bertz CT molecular complexity index is 1120. The number of carbonyl (C=O) groups excluding carboxylic acids is 1. The van der Waals surface area contributed by atoms with Crippen LogP contribution in [-0.4, -0.2) is 31.2 Å². The maximum Gasteiger partial charge on any atom is 0.177 e. The van der Waals surface area contributed by atoms with E-state index in [1.54, 1.807) is 18.2 Å². The number of halogens is 1. The SMILES string of the molecule is CC1=Nc2c(Nc3ccc(Cl)cc3S(C)(=O)=O)cc(CC(=O)C3CC3)nc2C1. The molecule has 1 aromatic carbocycles. The first-order valence-electron chi connectivity index (χ1n) is 9.07. The van der Waals surface area contributed by atoms with E-state index in [-0.39, 0.29) is 23.0 Å². The molecule has 0 spiro atoms. The van der Waals surface area contributed by atoms with Gasteiger partial charge in [-0.2, -0.15) is 0 Å². The molecule has 28 heavy (non-hydrogen) atoms. The fourth-order valence-electron chi connectivity index (χ4n) is 3.34. The molecular weight excluding hydrogens is 398 g/mol. The van der Waals surface area contributed by atoms with Crippen molar-refractivity contribution in [3.05, 3.63) is 40.7 Å². The Morgan fingerprint density at radius 2 is 2.00 bits per heavy atom. The van der Waals surface area contributed by atoms with Crippen LogP contribution < -0.4 is 5.32 Å². The number of anilines is 2. The van der Waals surface area contributed by atoms with Crippen molar-refractivity contribution in [2.24, 2.45) is 10.9 Å². The molecule has 0 amide bonds. The molecule has 1 saturated carbocycles. The van der Waals surface area contributed by atoms with Crippen LogP contribution >= 0.6 is 11.6 Å². The summed E-state index contributed by atoms with van der Waals surface area (Å²) in [6.45, 7) is 1.92. The van der Waals surface area contributed by atoms with Crippen molar-refractivity contribution in [1.82, 2.24) is 4.98 Å². The van der Waals surface area contributed by atoms with Gasteiger partial charge in [-0.05, 0) is 44.0 Å². The Labute approximate surface area is 169 Å². The molecule has 2 heterocycles. The van der Waals surface area contributed by atoms with Crippen LogP contribution in [0.5, 0.6) is 0 Å². The highest BCUT2D eigenvalue weighted by Gasteiger charge is 2.30. The molecule has 1 aliphatic heterocycles. The molecule has 8 heteroatoms. The van der Waals surface area contributed by atoms with Crippen molar-refractivity contribution in [2.45, 2.75) is 37.5 Å². The van der Waals surface area contributed by atoms with E-state index < -0.39 is 9.84 Å². The van der Waals surface area contributed by atoms with Gasteiger partial charge < -0.3 is 5.32 Å². The van der Waals surface area contributed by atoms with Crippen LogP contribution in [0.25, 0.3) is 0 Å². The summed E-state index contributed by atoms with van der Waals surface area (Å²) in [4.78, 5) is 21.5. The number of nitrogens with one attached hydrogen (secondary N) is 1. The van der Waals surface area contributed by atoms with Crippen LogP contribution in [0.3, 0.4) is 0 Å². The standard InChI is InChI=1S/C20H20ClN3O3S/c1-11-7-16-20(22-11)17(9-14(23-16)10-18(25)12-3-4-12)24-15-6-5-13(21)8-19(15)28(2,26)27/h5-6,8-9,12H,3-4,7,10H2,1-2H3,(H,23,24). The van der Waals surface area contributed by atoms with Crippen LogP contribution in [0.1, 0.15) is 31.2 Å². The van der Waals surface area contributed by atoms with Crippen LogP contribution in [0.4, 0.5) is 17.1 Å². The molecule has 0 unspecified atom stereocenters. The summed E-state index contributed by atoms with van der Waals surface area (Å²) in [5.74, 6) is 0.370. The summed E-state index contributed by atoms with van der Waals surface area (Å²) >= 11 is 6.00. The number of rotatable bonds is 6. The van der Waals surface area contributed by atoms with E-state index in [1.807, 2.05) is 6.92 Å². The number of hydrogen-bond acceptors (Lipinski definition) is 6. The van der Waals surface area contributed by atoms with Crippen molar-refractivity contribution < 1.29 is 13.2 Å². The van der Waals surface area contributed by atoms with Gasteiger partial charge in [0.15, 0.2) is 9.84 Å². The number of carbonyl (C=O) groups is 1. The molecule has 0 saturated heterocycles. The third-order valence-electron chi connectivity index (χ3n) is 4.84. The number of hydrogen-bond donors (Lipinski definition) is 1. The lowest BCUT2D eigenvalue weighted by Gasteiger charge is -2.15. The van der Waals surface area contributed by atoms with E-state index in [1.165, 1.54) is 6.07 Å². The maximum atomic E-state index is 12.2. The number of fused-ring (bicyclic) bond motifs is 1. The summed E-state index contributed by atoms with van der Waals surface area (Å²) in [6.07, 6.45) is 3.96. The van der Waals surface area contributed by atoms with Gasteiger partial charge in [-0.25, -0.2) is 8.42 Å². The quantitative estimate of drug-likeness (QED) is 0.765. The summed E-state index contributed by atoms with van der Waals surface area (Å²) in [7, 11) is -3.49. The molecule has 4 rings (SSSR count). The number of ketones is 1. The molecule has 2 aromatic rings. The Hall–Kier alpha value is -2.25. The van der Waals surface area contributed by atoms with Crippen LogP contribution in [0.15, 0.2) is 34.2 Å². The second-order valence-corrected chi connectivity index (χ2v) is 9.86. The average molecular weight is 418 g/mol. The number of nitrogens with zero attached hydrogens (tertiary/aromatic N) is 2. The molecular formula is C20H20ClN3O3S. The van der Waals surface area contributed by atoms with E-state index in [4.69, 9.17) is 11.6 Å². The third-order valence-corrected chi connectivity index (χ3v) is 6.22. The smallest absolute Gasteiger partial charge is 0.177 e. The highest BCUT2D eigenvalue weighted by Crippen LogP contribution is 2.38. The zero-order valence-corrected chi connectivity index (χ0v) is 17.2. The van der Waals surface area contributed by atoms with Crippen molar-refractivity contribution in [2.75, 3.05) is 11.6 Å². The lowest BCUT2D eigenvalue weighted by atomic mass is 10.1. The van der Waals surface area contributed by atoms with E-state index >= 15 is 0 Å². The zero-order chi connectivity index (χ0) is 20.1. The highest BCUT2D eigenvalue weighted by atomic mass is 35.5. The number of aliphatic imine (C=N–C) groups is 1. The Morgan fingerprint density at radius 3 is 2.68 bits per heavy atom. The van der Waals surface area contributed by atoms with Crippen LogP contribution in [0.2, 0.25) is 5.02 Å². The largest absolute Gasteiger partial charge is 0.353 e. The second-order valence-electron chi connectivity index (χ2n) is 7.44. The van der Waals surface area contributed by atoms with Gasteiger partial charge in [0.2, 0.25) is 0 Å². The molecule has 1 fully saturated rings. The first-order valence-corrected chi connectivity index (χ1v) is 11.3. The van der Waals surface area contributed by atoms with Crippen molar-refractivity contribution in [1.29, 1.82) is 0 Å². The monoisotopic (exact) mass is 417 g/mol. The van der Waals surface area contributed by atoms with Crippen LogP contribution in [-0.2, 0) is 27.5 Å². The first-order chi connectivity index (χ1) is 13.2. The predicted octanol–water partition coefficient (Wildman–Crippen LogP) is 4.05. The molecule has 0 radical (unpaired) electrons. The molecule has 0 atom stereocenters. The van der Waals surface area contributed by atoms with Gasteiger partial charge in [-0.15, -0.1) is 0 Å². The number of pyridine rings is 1. The van der Waals surface area contributed by atoms with Gasteiger partial charge in [0.05, 0.1) is 27.7 Å². The van der Waals surface area contributed by atoms with Gasteiger partial charge in [0, 0.05) is 35.7 Å². The Balaban J connectivity index is 1.75. The van der Waals surface area contributed by atoms with Gasteiger partial charge in [-0.3, -0.25) is 14.8 Å². The highest BCUT2D eigenvalue weighted by molar-refractivity contribution is 7.90. The zero-order valence-electron chi connectivity index (χ0n) is 15.6. The van der Waals surface area contributed by atoms with Gasteiger partial charge in [0.25, 0.3) is 0 Å². The number of sulfone groups is 1. The van der Waals surface area contributed by atoms with Crippen molar-refractivity contribution in [3.8, 4) is 0 Å². The van der Waals surface area contributed by atoms with Crippen molar-refractivity contribution >= 4 is 50.0 Å². The fraction of sp³-hybridized carbons (Fsp3) is 0.350. The summed E-state index contributed by atoms with van der Waals surface area (Å²) < 4.78 is 24.4. The molecule has 146 valence electrons. The Morgan fingerprint density at radius 1 is 1.25 bits per heavy atom. The average Bonchev–Trinajstić information content (AvgIpc) is 3.38. The maximum absolute atomic E-state index is 12.2. The molecule has 1 aliphatic carbocycles. The molecule has 6 nitrogen and oxygen atoms in total. The molecule has 1 aromatic heterocycles. The van der Waals surface area contributed by atoms with E-state index in [0.717, 1.165) is 30.5 Å². The summed E-state index contributed by atoms with van der Waals surface area (Å²) in [5.41, 5.74) is 4.16. The number of aromatic nitrogens is 1. The molecule has 1 N–H and O–H groups in total. The van der Waals surface area contributed by atoms with E-state index in [2.05, 4.69) is 15.3 Å².